The van der Waals surface area contributed by atoms with Crippen LogP contribution in [0.4, 0.5) is 0 Å². The number of carbonyl (C=O) groups excluding carboxylic acids is 1. The van der Waals surface area contributed by atoms with Crippen molar-refractivity contribution >= 4 is 16.4 Å². The summed E-state index contributed by atoms with van der Waals surface area (Å²) in [6.45, 7) is 10.2. The Hall–Kier alpha value is -2.26. The third-order valence-electron chi connectivity index (χ3n) is 4.27. The normalized spacial score (nSPS) is 12.0. The van der Waals surface area contributed by atoms with E-state index in [9.17, 15) is 13.2 Å². The van der Waals surface area contributed by atoms with Crippen molar-refractivity contribution in [2.75, 3.05) is 32.8 Å². The maximum absolute atomic E-state index is 12.3. The van der Waals surface area contributed by atoms with E-state index in [1.807, 2.05) is 48.5 Å². The Morgan fingerprint density at radius 1 is 0.839 bits per heavy atom. The largest absolute Gasteiger partial charge is 0.453 e. The number of likely N-dealkylation sites (N-methyl/N-ethyl adjacent to an activating group) is 1. The fourth-order valence-corrected chi connectivity index (χ4v) is 3.33. The van der Waals surface area contributed by atoms with E-state index in [1.165, 1.54) is 0 Å². The fraction of sp³-hybridized carbons (Fsp3) is 0.435. The van der Waals surface area contributed by atoms with E-state index in [1.54, 1.807) is 26.0 Å². The lowest BCUT2D eigenvalue weighted by molar-refractivity contribution is 0.0204. The summed E-state index contributed by atoms with van der Waals surface area (Å²) < 4.78 is 35.0. The Morgan fingerprint density at radius 2 is 1.32 bits per heavy atom. The topological polar surface area (TPSA) is 82.1 Å². The standard InChI is InChI=1S/C19H23NO2.C4H10O4S/c1-3-20(4-2)15-18(16-11-7-5-8-12-16)22-19(21)17-13-9-6-10-14-17;1-3-7-9(5,6)8-4-2/h5-14,18H,3-4,15H2,1-2H3;3-4H2,1-2H3. The molecule has 31 heavy (non-hydrogen) atoms. The first kappa shape index (κ1) is 26.8. The highest BCUT2D eigenvalue weighted by molar-refractivity contribution is 7.81. The zero-order valence-corrected chi connectivity index (χ0v) is 19.5. The third-order valence-corrected chi connectivity index (χ3v) is 5.32. The smallest absolute Gasteiger partial charge is 0.399 e. The summed E-state index contributed by atoms with van der Waals surface area (Å²) in [6.07, 6.45) is -0.256. The minimum absolute atomic E-state index is 0.113. The van der Waals surface area contributed by atoms with E-state index < -0.39 is 10.4 Å². The summed E-state index contributed by atoms with van der Waals surface area (Å²) >= 11 is 0. The van der Waals surface area contributed by atoms with Crippen molar-refractivity contribution in [3.05, 3.63) is 71.8 Å². The number of ether oxygens (including phenoxy) is 1. The summed E-state index contributed by atoms with van der Waals surface area (Å²) in [4.78, 5) is 14.6. The molecule has 0 amide bonds. The van der Waals surface area contributed by atoms with Gasteiger partial charge in [0.2, 0.25) is 0 Å². The second-order valence-electron chi connectivity index (χ2n) is 6.38. The highest BCUT2D eigenvalue weighted by atomic mass is 32.3. The lowest BCUT2D eigenvalue weighted by atomic mass is 10.1. The number of hydrogen-bond acceptors (Lipinski definition) is 7. The first-order valence-electron chi connectivity index (χ1n) is 10.4. The molecule has 2 rings (SSSR count). The summed E-state index contributed by atoms with van der Waals surface area (Å²) in [5.74, 6) is -0.276. The first-order valence-corrected chi connectivity index (χ1v) is 11.8. The molecule has 0 fully saturated rings. The van der Waals surface area contributed by atoms with E-state index in [2.05, 4.69) is 27.1 Å². The minimum Gasteiger partial charge on any atom is -0.453 e. The van der Waals surface area contributed by atoms with E-state index in [0.29, 0.717) is 12.1 Å². The number of hydrogen-bond donors (Lipinski definition) is 0. The van der Waals surface area contributed by atoms with Gasteiger partial charge >= 0.3 is 16.4 Å². The molecule has 1 atom stereocenters. The van der Waals surface area contributed by atoms with Crippen molar-refractivity contribution in [3.8, 4) is 0 Å². The van der Waals surface area contributed by atoms with Crippen LogP contribution in [0.1, 0.15) is 49.7 Å². The molecular formula is C23H33NO6S. The lowest BCUT2D eigenvalue weighted by Gasteiger charge is -2.25. The van der Waals surface area contributed by atoms with E-state index in [-0.39, 0.29) is 25.3 Å². The predicted molar refractivity (Wildman–Crippen MR) is 121 cm³/mol. The molecule has 0 saturated carbocycles. The molecule has 0 aliphatic rings. The summed E-state index contributed by atoms with van der Waals surface area (Å²) in [6, 6.07) is 19.1. The Morgan fingerprint density at radius 3 is 1.77 bits per heavy atom. The zero-order chi connectivity index (χ0) is 23.1. The molecule has 0 aromatic heterocycles. The van der Waals surface area contributed by atoms with Crippen LogP contribution in [0.5, 0.6) is 0 Å². The first-order chi connectivity index (χ1) is 14.9. The molecule has 7 nitrogen and oxygen atoms in total. The molecule has 172 valence electrons. The highest BCUT2D eigenvalue weighted by Gasteiger charge is 2.20. The van der Waals surface area contributed by atoms with Crippen LogP contribution in [-0.2, 0) is 23.5 Å². The highest BCUT2D eigenvalue weighted by Crippen LogP contribution is 2.20. The molecule has 0 spiro atoms. The maximum Gasteiger partial charge on any atom is 0.399 e. The van der Waals surface area contributed by atoms with Crippen LogP contribution in [0, 0.1) is 0 Å². The Balaban J connectivity index is 0.000000452. The van der Waals surface area contributed by atoms with Crippen LogP contribution in [0.15, 0.2) is 60.7 Å². The van der Waals surface area contributed by atoms with Crippen molar-refractivity contribution < 1.29 is 26.3 Å². The van der Waals surface area contributed by atoms with Gasteiger partial charge in [0.25, 0.3) is 0 Å². The molecule has 0 heterocycles. The van der Waals surface area contributed by atoms with Gasteiger partial charge in [-0.25, -0.2) is 13.2 Å². The Labute approximate surface area is 186 Å². The van der Waals surface area contributed by atoms with Gasteiger partial charge in [-0.2, -0.15) is 8.42 Å². The summed E-state index contributed by atoms with van der Waals surface area (Å²) in [5.41, 5.74) is 1.61. The molecule has 0 bridgehead atoms. The van der Waals surface area contributed by atoms with Crippen molar-refractivity contribution in [3.63, 3.8) is 0 Å². The van der Waals surface area contributed by atoms with E-state index >= 15 is 0 Å². The second-order valence-corrected chi connectivity index (χ2v) is 7.67. The minimum atomic E-state index is -3.68. The second kappa shape index (κ2) is 14.7. The van der Waals surface area contributed by atoms with Gasteiger partial charge in [-0.15, -0.1) is 0 Å². The van der Waals surface area contributed by atoms with Crippen LogP contribution in [0.25, 0.3) is 0 Å². The molecule has 0 N–H and O–H groups in total. The van der Waals surface area contributed by atoms with Gasteiger partial charge in [0, 0.05) is 6.54 Å². The van der Waals surface area contributed by atoms with Gasteiger partial charge in [-0.1, -0.05) is 62.4 Å². The Kier molecular flexibility index (Phi) is 12.7. The summed E-state index contributed by atoms with van der Waals surface area (Å²) in [5, 5.41) is 0. The molecule has 2 aromatic rings. The van der Waals surface area contributed by atoms with Gasteiger partial charge in [0.1, 0.15) is 6.10 Å². The SMILES string of the molecule is CCN(CC)CC(OC(=O)c1ccccc1)c1ccccc1.CCOS(=O)(=O)OCC. The van der Waals surface area contributed by atoms with Crippen LogP contribution < -0.4 is 0 Å². The van der Waals surface area contributed by atoms with Gasteiger partial charge in [0.15, 0.2) is 0 Å². The Bertz CT molecular complexity index is 827. The van der Waals surface area contributed by atoms with E-state index in [4.69, 9.17) is 4.74 Å². The lowest BCUT2D eigenvalue weighted by Crippen LogP contribution is -2.30. The number of carbonyl (C=O) groups is 1. The van der Waals surface area contributed by atoms with Crippen molar-refractivity contribution in [1.82, 2.24) is 4.90 Å². The van der Waals surface area contributed by atoms with E-state index in [0.717, 1.165) is 18.7 Å². The van der Waals surface area contributed by atoms with Crippen LogP contribution in [-0.4, -0.2) is 52.1 Å². The van der Waals surface area contributed by atoms with Crippen LogP contribution in [0.3, 0.4) is 0 Å². The third kappa shape index (κ3) is 10.5. The molecule has 0 aliphatic heterocycles. The molecular weight excluding hydrogens is 418 g/mol. The average molecular weight is 452 g/mol. The molecule has 8 heteroatoms. The summed E-state index contributed by atoms with van der Waals surface area (Å²) in [7, 11) is -3.68. The maximum atomic E-state index is 12.3. The van der Waals surface area contributed by atoms with Gasteiger partial charge in [0.05, 0.1) is 18.8 Å². The van der Waals surface area contributed by atoms with Crippen molar-refractivity contribution in [1.29, 1.82) is 0 Å². The number of rotatable bonds is 11. The molecule has 0 radical (unpaired) electrons. The zero-order valence-electron chi connectivity index (χ0n) is 18.7. The molecule has 1 unspecified atom stereocenters. The number of benzene rings is 2. The quantitative estimate of drug-likeness (QED) is 0.473. The number of nitrogens with zero attached hydrogens (tertiary/aromatic N) is 1. The number of esters is 1. The predicted octanol–water partition coefficient (Wildman–Crippen LogP) is 4.23. The van der Waals surface area contributed by atoms with Crippen molar-refractivity contribution in [2.24, 2.45) is 0 Å². The van der Waals surface area contributed by atoms with Crippen LogP contribution in [0.2, 0.25) is 0 Å². The molecule has 0 aliphatic carbocycles. The fourth-order valence-electron chi connectivity index (χ4n) is 2.69. The molecule has 2 aromatic carbocycles. The van der Waals surface area contributed by atoms with Crippen molar-refractivity contribution in [2.45, 2.75) is 33.8 Å². The van der Waals surface area contributed by atoms with Gasteiger partial charge < -0.3 is 4.74 Å². The molecule has 0 saturated heterocycles. The average Bonchev–Trinajstić information content (AvgIpc) is 2.78. The van der Waals surface area contributed by atoms with Gasteiger partial charge in [-0.05, 0) is 44.6 Å². The van der Waals surface area contributed by atoms with Gasteiger partial charge in [-0.3, -0.25) is 4.90 Å². The van der Waals surface area contributed by atoms with Crippen LogP contribution >= 0.6 is 0 Å². The monoisotopic (exact) mass is 451 g/mol.